The minimum absolute atomic E-state index is 0.319. The van der Waals surface area contributed by atoms with Gasteiger partial charge in [-0.15, -0.1) is 0 Å². The van der Waals surface area contributed by atoms with Crippen molar-refractivity contribution in [2.45, 2.75) is 5.92 Å². The number of aromatic nitrogens is 1. The number of nitriles is 2. The number of nitrogens with zero attached hydrogens (tertiary/aromatic N) is 3. The topological polar surface area (TPSA) is 77.5 Å². The molecule has 0 spiro atoms. The highest BCUT2D eigenvalue weighted by Gasteiger charge is 2.18. The second kappa shape index (κ2) is 6.79. The molecule has 0 saturated carbocycles. The molecule has 100 valence electrons. The van der Waals surface area contributed by atoms with Gasteiger partial charge < -0.3 is 0 Å². The van der Waals surface area contributed by atoms with E-state index in [-0.39, 0.29) is 5.78 Å². The molecule has 0 bridgehead atoms. The van der Waals surface area contributed by atoms with Crippen molar-refractivity contribution in [3.63, 3.8) is 0 Å². The fourth-order valence-corrected chi connectivity index (χ4v) is 1.77. The predicted molar refractivity (Wildman–Crippen MR) is 77.8 cm³/mol. The number of hydrogen-bond acceptors (Lipinski definition) is 4. The van der Waals surface area contributed by atoms with E-state index < -0.39 is 5.92 Å². The molecule has 0 radical (unpaired) electrons. The molecule has 0 fully saturated rings. The molecule has 0 saturated heterocycles. The Kier molecular flexibility index (Phi) is 4.58. The maximum absolute atomic E-state index is 12.1. The lowest BCUT2D eigenvalue weighted by atomic mass is 10.00. The van der Waals surface area contributed by atoms with Crippen LogP contribution in [0.15, 0.2) is 54.7 Å². The lowest BCUT2D eigenvalue weighted by Gasteiger charge is -2.03. The van der Waals surface area contributed by atoms with Crippen LogP contribution in [0.25, 0.3) is 6.08 Å². The van der Waals surface area contributed by atoms with Gasteiger partial charge in [-0.1, -0.05) is 24.3 Å². The lowest BCUT2D eigenvalue weighted by molar-refractivity contribution is -0.114. The quantitative estimate of drug-likeness (QED) is 0.802. The Bertz CT molecular complexity index is 734. The third kappa shape index (κ3) is 3.62. The summed E-state index contributed by atoms with van der Waals surface area (Å²) in [6.45, 7) is 0. The van der Waals surface area contributed by atoms with E-state index in [2.05, 4.69) is 4.98 Å². The van der Waals surface area contributed by atoms with Crippen molar-refractivity contribution >= 4 is 11.9 Å². The number of carbonyl (C=O) groups excluding carboxylic acids is 1. The summed E-state index contributed by atoms with van der Waals surface area (Å²) in [6, 6.07) is 15.9. The molecule has 1 heterocycles. The molecule has 0 aliphatic carbocycles. The van der Waals surface area contributed by atoms with Crippen molar-refractivity contribution in [1.82, 2.24) is 4.98 Å². The third-order valence-corrected chi connectivity index (χ3v) is 2.88. The number of hydrogen-bond donors (Lipinski definition) is 0. The predicted octanol–water partition coefficient (Wildman–Crippen LogP) is 2.84. The van der Waals surface area contributed by atoms with Gasteiger partial charge >= 0.3 is 0 Å². The van der Waals surface area contributed by atoms with E-state index in [1.807, 2.05) is 12.1 Å². The van der Waals surface area contributed by atoms with E-state index >= 15 is 0 Å². The van der Waals surface area contributed by atoms with Gasteiger partial charge in [-0.25, -0.2) is 0 Å². The van der Waals surface area contributed by atoms with Crippen molar-refractivity contribution in [2.75, 3.05) is 0 Å². The van der Waals surface area contributed by atoms with Crippen molar-refractivity contribution in [1.29, 1.82) is 10.5 Å². The van der Waals surface area contributed by atoms with E-state index in [0.717, 1.165) is 5.56 Å². The molecule has 1 atom stereocenters. The van der Waals surface area contributed by atoms with Crippen LogP contribution < -0.4 is 0 Å². The van der Waals surface area contributed by atoms with Crippen molar-refractivity contribution < 1.29 is 4.79 Å². The van der Waals surface area contributed by atoms with Crippen LogP contribution in [0.5, 0.6) is 0 Å². The first kappa shape index (κ1) is 14.2. The molecular weight excluding hydrogens is 262 g/mol. The Morgan fingerprint density at radius 2 is 1.90 bits per heavy atom. The van der Waals surface area contributed by atoms with E-state index in [0.29, 0.717) is 11.3 Å². The van der Waals surface area contributed by atoms with Gasteiger partial charge in [0.2, 0.25) is 0 Å². The molecule has 0 aliphatic heterocycles. The SMILES string of the molecule is N#Cc1ccc(/C=C/C(=O)[C@H](C#N)c2ccccn2)cc1. The van der Waals surface area contributed by atoms with E-state index in [9.17, 15) is 4.79 Å². The number of pyridine rings is 1. The Hall–Kier alpha value is -3.24. The molecule has 1 aromatic heterocycles. The highest BCUT2D eigenvalue weighted by atomic mass is 16.1. The minimum atomic E-state index is -0.902. The highest BCUT2D eigenvalue weighted by molar-refractivity contribution is 6.00. The highest BCUT2D eigenvalue weighted by Crippen LogP contribution is 2.14. The summed E-state index contributed by atoms with van der Waals surface area (Å²) in [6.07, 6.45) is 4.54. The summed E-state index contributed by atoms with van der Waals surface area (Å²) in [4.78, 5) is 16.1. The van der Waals surface area contributed by atoms with Gasteiger partial charge in [-0.05, 0) is 35.9 Å². The van der Waals surface area contributed by atoms with Crippen LogP contribution in [0.3, 0.4) is 0 Å². The van der Waals surface area contributed by atoms with E-state index in [4.69, 9.17) is 10.5 Å². The average Bonchev–Trinajstić information content (AvgIpc) is 2.55. The van der Waals surface area contributed by atoms with Crippen molar-refractivity contribution in [3.05, 3.63) is 71.6 Å². The van der Waals surface area contributed by atoms with Crippen LogP contribution in [-0.2, 0) is 4.79 Å². The average molecular weight is 273 g/mol. The zero-order chi connectivity index (χ0) is 15.1. The molecule has 4 nitrogen and oxygen atoms in total. The second-order valence-corrected chi connectivity index (χ2v) is 4.29. The molecule has 0 N–H and O–H groups in total. The summed E-state index contributed by atoms with van der Waals surface area (Å²) in [7, 11) is 0. The van der Waals surface area contributed by atoms with Gasteiger partial charge in [-0.3, -0.25) is 9.78 Å². The first-order valence-electron chi connectivity index (χ1n) is 6.27. The Morgan fingerprint density at radius 3 is 2.48 bits per heavy atom. The van der Waals surface area contributed by atoms with Gasteiger partial charge in [0.15, 0.2) is 11.7 Å². The smallest absolute Gasteiger partial charge is 0.178 e. The monoisotopic (exact) mass is 273 g/mol. The van der Waals surface area contributed by atoms with Crippen LogP contribution >= 0.6 is 0 Å². The van der Waals surface area contributed by atoms with Crippen LogP contribution in [0.4, 0.5) is 0 Å². The summed E-state index contributed by atoms with van der Waals surface area (Å²) < 4.78 is 0. The molecule has 2 rings (SSSR count). The first-order chi connectivity index (χ1) is 10.2. The van der Waals surface area contributed by atoms with Crippen molar-refractivity contribution in [3.8, 4) is 12.1 Å². The molecule has 4 heteroatoms. The fourth-order valence-electron chi connectivity index (χ4n) is 1.77. The van der Waals surface area contributed by atoms with Gasteiger partial charge in [0.05, 0.1) is 23.4 Å². The molecule has 0 aliphatic rings. The van der Waals surface area contributed by atoms with E-state index in [1.165, 1.54) is 6.08 Å². The lowest BCUT2D eigenvalue weighted by Crippen LogP contribution is -2.09. The number of rotatable bonds is 4. The van der Waals surface area contributed by atoms with Crippen LogP contribution in [0.2, 0.25) is 0 Å². The maximum atomic E-state index is 12.1. The number of carbonyl (C=O) groups is 1. The first-order valence-corrected chi connectivity index (χ1v) is 6.27. The molecule has 0 unspecified atom stereocenters. The summed E-state index contributed by atoms with van der Waals surface area (Å²) in [5, 5.41) is 17.8. The number of allylic oxidation sites excluding steroid dienone is 1. The molecule has 2 aromatic rings. The second-order valence-electron chi connectivity index (χ2n) is 4.29. The maximum Gasteiger partial charge on any atom is 0.178 e. The van der Waals surface area contributed by atoms with Gasteiger partial charge in [0.1, 0.15) is 0 Å². The molecule has 1 aromatic carbocycles. The third-order valence-electron chi connectivity index (χ3n) is 2.88. The van der Waals surface area contributed by atoms with Gasteiger partial charge in [0.25, 0.3) is 0 Å². The standard InChI is InChI=1S/C17H11N3O/c18-11-14-6-4-13(5-7-14)8-9-17(21)15(12-19)16-3-1-2-10-20-16/h1-10,15H/b9-8+/t15-/m1/s1. The largest absolute Gasteiger partial charge is 0.293 e. The Balaban J connectivity index is 2.14. The summed E-state index contributed by atoms with van der Waals surface area (Å²) in [5.74, 6) is -1.22. The van der Waals surface area contributed by atoms with E-state index in [1.54, 1.807) is 54.7 Å². The minimum Gasteiger partial charge on any atom is -0.293 e. The van der Waals surface area contributed by atoms with Gasteiger partial charge in [0, 0.05) is 6.20 Å². The summed E-state index contributed by atoms with van der Waals surface area (Å²) >= 11 is 0. The number of ketones is 1. The summed E-state index contributed by atoms with van der Waals surface area (Å²) in [5.41, 5.74) is 1.79. The normalized spacial score (nSPS) is 11.5. The molecular formula is C17H11N3O. The van der Waals surface area contributed by atoms with Crippen LogP contribution in [0, 0.1) is 22.7 Å². The van der Waals surface area contributed by atoms with Gasteiger partial charge in [-0.2, -0.15) is 10.5 Å². The fraction of sp³-hybridized carbons (Fsp3) is 0.0588. The number of benzene rings is 1. The Labute approximate surface area is 122 Å². The zero-order valence-corrected chi connectivity index (χ0v) is 11.1. The Morgan fingerprint density at radius 1 is 1.14 bits per heavy atom. The molecule has 21 heavy (non-hydrogen) atoms. The van der Waals surface area contributed by atoms with Crippen LogP contribution in [0.1, 0.15) is 22.7 Å². The van der Waals surface area contributed by atoms with Crippen LogP contribution in [-0.4, -0.2) is 10.8 Å². The molecule has 0 amide bonds. The zero-order valence-electron chi connectivity index (χ0n) is 11.1. The van der Waals surface area contributed by atoms with Crippen molar-refractivity contribution in [2.24, 2.45) is 0 Å².